The molecule has 0 saturated heterocycles. The second-order valence-electron chi connectivity index (χ2n) is 6.10. The monoisotopic (exact) mass is 365 g/mol. The van der Waals surface area contributed by atoms with Crippen molar-refractivity contribution in [2.45, 2.75) is 19.8 Å². The summed E-state index contributed by atoms with van der Waals surface area (Å²) in [5, 5.41) is 6.34. The Bertz CT molecular complexity index is 827. The predicted octanol–water partition coefficient (Wildman–Crippen LogP) is 3.46. The van der Waals surface area contributed by atoms with Gasteiger partial charge in [0.25, 0.3) is 0 Å². The molecule has 2 aromatic carbocycles. The highest BCUT2D eigenvalue weighted by Gasteiger charge is 2.12. The van der Waals surface area contributed by atoms with Gasteiger partial charge >= 0.3 is 11.8 Å². The van der Waals surface area contributed by atoms with E-state index in [2.05, 4.69) is 36.3 Å². The van der Waals surface area contributed by atoms with Gasteiger partial charge in [-0.25, -0.2) is 5.43 Å². The third kappa shape index (κ3) is 6.43. The van der Waals surface area contributed by atoms with E-state index < -0.39 is 11.8 Å². The number of benzene rings is 2. The van der Waals surface area contributed by atoms with Gasteiger partial charge in [0, 0.05) is 5.69 Å². The largest absolute Gasteiger partial charge is 0.490 e. The molecule has 0 unspecified atom stereocenters. The number of amides is 2. The minimum atomic E-state index is -0.849. The van der Waals surface area contributed by atoms with E-state index in [1.807, 2.05) is 12.1 Å². The van der Waals surface area contributed by atoms with Crippen molar-refractivity contribution in [2.75, 3.05) is 11.9 Å². The summed E-state index contributed by atoms with van der Waals surface area (Å²) in [7, 11) is 0. The van der Waals surface area contributed by atoms with Crippen molar-refractivity contribution in [3.8, 4) is 5.75 Å². The standard InChI is InChI=1S/C21H23N3O3/c1-4-12-27-19-7-5-6-16(13-19)14-22-24-21(26)20(25)23-18-10-8-17(9-11-18)15(2)3/h4-11,13-15H,1,12H2,2-3H3,(H,23,25)(H,24,26)/b22-14-. The lowest BCUT2D eigenvalue weighted by Crippen LogP contribution is -2.32. The van der Waals surface area contributed by atoms with Gasteiger partial charge in [0.1, 0.15) is 12.4 Å². The molecule has 2 aromatic rings. The van der Waals surface area contributed by atoms with Crippen LogP contribution in [0.25, 0.3) is 0 Å². The maximum Gasteiger partial charge on any atom is 0.329 e. The molecule has 0 heterocycles. The van der Waals surface area contributed by atoms with Crippen LogP contribution in [0, 0.1) is 0 Å². The van der Waals surface area contributed by atoms with E-state index in [0.29, 0.717) is 24.0 Å². The molecule has 0 aromatic heterocycles. The first-order valence-corrected chi connectivity index (χ1v) is 8.57. The lowest BCUT2D eigenvalue weighted by Gasteiger charge is -2.07. The summed E-state index contributed by atoms with van der Waals surface area (Å²) in [5.41, 5.74) is 4.63. The normalized spacial score (nSPS) is 10.6. The van der Waals surface area contributed by atoms with Crippen molar-refractivity contribution in [1.29, 1.82) is 0 Å². The van der Waals surface area contributed by atoms with Gasteiger partial charge in [0.2, 0.25) is 0 Å². The smallest absolute Gasteiger partial charge is 0.329 e. The molecule has 2 N–H and O–H groups in total. The van der Waals surface area contributed by atoms with Crippen molar-refractivity contribution in [1.82, 2.24) is 5.43 Å². The van der Waals surface area contributed by atoms with E-state index >= 15 is 0 Å². The van der Waals surface area contributed by atoms with Gasteiger partial charge in [-0.1, -0.05) is 50.8 Å². The zero-order valence-electron chi connectivity index (χ0n) is 15.4. The number of nitrogens with zero attached hydrogens (tertiary/aromatic N) is 1. The zero-order valence-corrected chi connectivity index (χ0v) is 15.4. The first kappa shape index (κ1) is 19.9. The summed E-state index contributed by atoms with van der Waals surface area (Å²) >= 11 is 0. The molecule has 2 rings (SSSR count). The Morgan fingerprint density at radius 2 is 1.89 bits per heavy atom. The first-order chi connectivity index (χ1) is 13.0. The number of carbonyl (C=O) groups is 2. The molecule has 27 heavy (non-hydrogen) atoms. The maximum atomic E-state index is 11.9. The molecule has 0 aliphatic carbocycles. The van der Waals surface area contributed by atoms with E-state index in [1.165, 1.54) is 6.21 Å². The first-order valence-electron chi connectivity index (χ1n) is 8.57. The summed E-state index contributed by atoms with van der Waals surface area (Å²) in [5.74, 6) is -0.577. The van der Waals surface area contributed by atoms with Crippen LogP contribution in [0.15, 0.2) is 66.3 Å². The highest BCUT2D eigenvalue weighted by Crippen LogP contribution is 2.17. The van der Waals surface area contributed by atoms with Crippen LogP contribution in [0.4, 0.5) is 5.69 Å². The van der Waals surface area contributed by atoms with Crippen molar-refractivity contribution in [3.05, 3.63) is 72.3 Å². The molecule has 2 amide bonds. The third-order valence-corrected chi connectivity index (χ3v) is 3.65. The summed E-state index contributed by atoms with van der Waals surface area (Å²) in [4.78, 5) is 23.8. The Balaban J connectivity index is 1.88. The number of rotatable bonds is 7. The van der Waals surface area contributed by atoms with Gasteiger partial charge < -0.3 is 10.1 Å². The Morgan fingerprint density at radius 3 is 2.56 bits per heavy atom. The SMILES string of the molecule is C=CCOc1cccc(/C=N\NC(=O)C(=O)Nc2ccc(C(C)C)cc2)c1. The van der Waals surface area contributed by atoms with Crippen LogP contribution in [0.1, 0.15) is 30.9 Å². The van der Waals surface area contributed by atoms with Gasteiger partial charge in [-0.3, -0.25) is 9.59 Å². The Morgan fingerprint density at radius 1 is 1.15 bits per heavy atom. The molecule has 0 atom stereocenters. The predicted molar refractivity (Wildman–Crippen MR) is 107 cm³/mol. The summed E-state index contributed by atoms with van der Waals surface area (Å²) in [6.07, 6.45) is 3.08. The number of hydrogen-bond acceptors (Lipinski definition) is 4. The summed E-state index contributed by atoms with van der Waals surface area (Å²) in [6.45, 7) is 8.15. The molecule has 0 fully saturated rings. The van der Waals surface area contributed by atoms with Crippen LogP contribution >= 0.6 is 0 Å². The lowest BCUT2D eigenvalue weighted by atomic mass is 10.0. The van der Waals surface area contributed by atoms with Crippen LogP contribution in [0.3, 0.4) is 0 Å². The van der Waals surface area contributed by atoms with Gasteiger partial charge in [0.15, 0.2) is 0 Å². The lowest BCUT2D eigenvalue weighted by molar-refractivity contribution is -0.136. The minimum absolute atomic E-state index is 0.396. The van der Waals surface area contributed by atoms with Crippen LogP contribution in [-0.4, -0.2) is 24.6 Å². The average Bonchev–Trinajstić information content (AvgIpc) is 2.67. The van der Waals surface area contributed by atoms with Gasteiger partial charge in [-0.05, 0) is 41.3 Å². The fourth-order valence-electron chi connectivity index (χ4n) is 2.20. The fourth-order valence-corrected chi connectivity index (χ4v) is 2.20. The Hall–Kier alpha value is -3.41. The van der Waals surface area contributed by atoms with E-state index in [0.717, 1.165) is 11.1 Å². The maximum absolute atomic E-state index is 11.9. The van der Waals surface area contributed by atoms with Gasteiger partial charge in [-0.15, -0.1) is 0 Å². The molecule has 140 valence electrons. The summed E-state index contributed by atoms with van der Waals surface area (Å²) in [6, 6.07) is 14.5. The molecule has 0 spiro atoms. The number of ether oxygens (including phenoxy) is 1. The minimum Gasteiger partial charge on any atom is -0.490 e. The van der Waals surface area contributed by atoms with Crippen LogP contribution in [-0.2, 0) is 9.59 Å². The Labute approximate surface area is 158 Å². The van der Waals surface area contributed by atoms with E-state index in [9.17, 15) is 9.59 Å². The van der Waals surface area contributed by atoms with Gasteiger partial charge in [-0.2, -0.15) is 5.10 Å². The highest BCUT2D eigenvalue weighted by atomic mass is 16.5. The molecular weight excluding hydrogens is 342 g/mol. The molecule has 0 bridgehead atoms. The molecule has 0 saturated carbocycles. The van der Waals surface area contributed by atoms with Crippen LogP contribution in [0.2, 0.25) is 0 Å². The number of carbonyl (C=O) groups excluding carboxylic acids is 2. The average molecular weight is 365 g/mol. The molecular formula is C21H23N3O3. The van der Waals surface area contributed by atoms with Crippen molar-refractivity contribution in [2.24, 2.45) is 5.10 Å². The molecule has 0 radical (unpaired) electrons. The van der Waals surface area contributed by atoms with E-state index in [-0.39, 0.29) is 0 Å². The topological polar surface area (TPSA) is 79.8 Å². The van der Waals surface area contributed by atoms with E-state index in [4.69, 9.17) is 4.74 Å². The third-order valence-electron chi connectivity index (χ3n) is 3.65. The fraction of sp³-hybridized carbons (Fsp3) is 0.190. The summed E-state index contributed by atoms with van der Waals surface area (Å²) < 4.78 is 5.42. The molecule has 6 heteroatoms. The van der Waals surface area contributed by atoms with Crippen molar-refractivity contribution in [3.63, 3.8) is 0 Å². The van der Waals surface area contributed by atoms with Crippen molar-refractivity contribution >= 4 is 23.7 Å². The van der Waals surface area contributed by atoms with Crippen molar-refractivity contribution < 1.29 is 14.3 Å². The zero-order chi connectivity index (χ0) is 19.6. The molecule has 0 aliphatic rings. The van der Waals surface area contributed by atoms with E-state index in [1.54, 1.807) is 42.5 Å². The molecule has 0 aliphatic heterocycles. The number of nitrogens with one attached hydrogen (secondary N) is 2. The molecule has 6 nitrogen and oxygen atoms in total. The second-order valence-corrected chi connectivity index (χ2v) is 6.10. The second kappa shape index (κ2) is 9.91. The number of hydrogen-bond donors (Lipinski definition) is 2. The van der Waals surface area contributed by atoms with Gasteiger partial charge in [0.05, 0.1) is 6.21 Å². The quantitative estimate of drug-likeness (QED) is 0.341. The highest BCUT2D eigenvalue weighted by molar-refractivity contribution is 6.39. The Kier molecular flexibility index (Phi) is 7.31. The van der Waals surface area contributed by atoms with Crippen LogP contribution < -0.4 is 15.5 Å². The van der Waals surface area contributed by atoms with Crippen LogP contribution in [0.5, 0.6) is 5.75 Å². The number of hydrazone groups is 1. The number of anilines is 1.